The number of hydrogen-bond acceptors (Lipinski definition) is 2. The van der Waals surface area contributed by atoms with E-state index in [1.54, 1.807) is 0 Å². The van der Waals surface area contributed by atoms with E-state index in [0.717, 1.165) is 18.7 Å². The molecule has 0 saturated carbocycles. The Morgan fingerprint density at radius 2 is 2.31 bits per heavy atom. The van der Waals surface area contributed by atoms with Gasteiger partial charge in [0.25, 0.3) is 0 Å². The zero-order chi connectivity index (χ0) is 11.4. The van der Waals surface area contributed by atoms with Gasteiger partial charge >= 0.3 is 0 Å². The first kappa shape index (κ1) is 10.9. The van der Waals surface area contributed by atoms with Gasteiger partial charge in [0.2, 0.25) is 5.91 Å². The van der Waals surface area contributed by atoms with Gasteiger partial charge in [0.15, 0.2) is 0 Å². The summed E-state index contributed by atoms with van der Waals surface area (Å²) in [5.74, 6) is 0.117. The first-order valence-electron chi connectivity index (χ1n) is 5.53. The molecule has 1 aliphatic heterocycles. The van der Waals surface area contributed by atoms with E-state index in [0.29, 0.717) is 6.42 Å². The topological polar surface area (TPSA) is 41.1 Å². The van der Waals surface area contributed by atoms with E-state index in [9.17, 15) is 4.79 Å². The van der Waals surface area contributed by atoms with E-state index >= 15 is 0 Å². The molecule has 0 unspecified atom stereocenters. The molecule has 0 fully saturated rings. The standard InChI is InChI=1S/C13H16N2O/c1-14-8-2-3-10-4-6-12-11(9-10)5-7-13(16)15-12/h2-4,6,9,14H,5,7-8H2,1H3,(H,15,16). The van der Waals surface area contributed by atoms with Crippen LogP contribution in [0, 0.1) is 0 Å². The number of benzene rings is 1. The van der Waals surface area contributed by atoms with E-state index in [4.69, 9.17) is 0 Å². The molecule has 16 heavy (non-hydrogen) atoms. The van der Waals surface area contributed by atoms with Crippen LogP contribution in [0.5, 0.6) is 0 Å². The summed E-state index contributed by atoms with van der Waals surface area (Å²) in [6, 6.07) is 6.14. The highest BCUT2D eigenvalue weighted by atomic mass is 16.1. The first-order chi connectivity index (χ1) is 7.79. The number of hydrogen-bond donors (Lipinski definition) is 2. The van der Waals surface area contributed by atoms with Crippen molar-refractivity contribution in [2.45, 2.75) is 12.8 Å². The highest BCUT2D eigenvalue weighted by Gasteiger charge is 2.13. The zero-order valence-electron chi connectivity index (χ0n) is 9.42. The Labute approximate surface area is 95.6 Å². The molecule has 0 aromatic heterocycles. The first-order valence-corrected chi connectivity index (χ1v) is 5.53. The van der Waals surface area contributed by atoms with Crippen LogP contribution in [-0.4, -0.2) is 19.5 Å². The Hall–Kier alpha value is -1.61. The third kappa shape index (κ3) is 2.49. The lowest BCUT2D eigenvalue weighted by Crippen LogP contribution is -2.18. The average molecular weight is 216 g/mol. The summed E-state index contributed by atoms with van der Waals surface area (Å²) in [5, 5.41) is 5.94. The molecule has 1 heterocycles. The Morgan fingerprint density at radius 3 is 3.12 bits per heavy atom. The van der Waals surface area contributed by atoms with Crippen molar-refractivity contribution in [3.63, 3.8) is 0 Å². The maximum Gasteiger partial charge on any atom is 0.224 e. The van der Waals surface area contributed by atoms with Crippen molar-refractivity contribution < 1.29 is 4.79 Å². The van der Waals surface area contributed by atoms with Gasteiger partial charge in [-0.3, -0.25) is 4.79 Å². The van der Waals surface area contributed by atoms with Crippen molar-refractivity contribution in [3.05, 3.63) is 35.4 Å². The second-order valence-electron chi connectivity index (χ2n) is 3.92. The van der Waals surface area contributed by atoms with Crippen LogP contribution in [0.2, 0.25) is 0 Å². The van der Waals surface area contributed by atoms with E-state index < -0.39 is 0 Å². The molecule has 0 radical (unpaired) electrons. The van der Waals surface area contributed by atoms with Crippen LogP contribution in [0.1, 0.15) is 17.5 Å². The summed E-state index contributed by atoms with van der Waals surface area (Å²) in [7, 11) is 1.92. The maximum absolute atomic E-state index is 11.2. The van der Waals surface area contributed by atoms with Gasteiger partial charge in [0.1, 0.15) is 0 Å². The minimum absolute atomic E-state index is 0.117. The SMILES string of the molecule is CNCC=Cc1ccc2c(c1)CCC(=O)N2. The number of carbonyl (C=O) groups excluding carboxylic acids is 1. The Kier molecular flexibility index (Phi) is 3.37. The van der Waals surface area contributed by atoms with Crippen LogP contribution in [0.15, 0.2) is 24.3 Å². The van der Waals surface area contributed by atoms with Gasteiger partial charge < -0.3 is 10.6 Å². The number of anilines is 1. The van der Waals surface area contributed by atoms with E-state index in [1.807, 2.05) is 19.2 Å². The fourth-order valence-electron chi connectivity index (χ4n) is 1.82. The highest BCUT2D eigenvalue weighted by molar-refractivity contribution is 5.94. The number of rotatable bonds is 3. The quantitative estimate of drug-likeness (QED) is 0.809. The number of aryl methyl sites for hydroxylation is 1. The molecule has 0 spiro atoms. The molecule has 1 aromatic rings. The molecule has 2 rings (SSSR count). The van der Waals surface area contributed by atoms with Crippen molar-refractivity contribution in [2.75, 3.05) is 18.9 Å². The third-order valence-electron chi connectivity index (χ3n) is 2.66. The third-order valence-corrected chi connectivity index (χ3v) is 2.66. The van der Waals surface area contributed by atoms with Crippen LogP contribution in [0.25, 0.3) is 6.08 Å². The zero-order valence-corrected chi connectivity index (χ0v) is 9.42. The summed E-state index contributed by atoms with van der Waals surface area (Å²) in [6.45, 7) is 0.869. The average Bonchev–Trinajstić information content (AvgIpc) is 2.29. The largest absolute Gasteiger partial charge is 0.326 e. The van der Waals surface area contributed by atoms with Gasteiger partial charge in [0, 0.05) is 18.7 Å². The fraction of sp³-hybridized carbons (Fsp3) is 0.308. The summed E-state index contributed by atoms with van der Waals surface area (Å²) in [5.41, 5.74) is 3.37. The van der Waals surface area contributed by atoms with Crippen LogP contribution in [-0.2, 0) is 11.2 Å². The van der Waals surface area contributed by atoms with Crippen LogP contribution in [0.4, 0.5) is 5.69 Å². The smallest absolute Gasteiger partial charge is 0.224 e. The normalized spacial score (nSPS) is 14.9. The lowest BCUT2D eigenvalue weighted by molar-refractivity contribution is -0.116. The van der Waals surface area contributed by atoms with Gasteiger partial charge in [-0.15, -0.1) is 0 Å². The maximum atomic E-state index is 11.2. The molecule has 3 nitrogen and oxygen atoms in total. The molecule has 1 aromatic carbocycles. The summed E-state index contributed by atoms with van der Waals surface area (Å²) < 4.78 is 0. The lowest BCUT2D eigenvalue weighted by Gasteiger charge is -2.16. The van der Waals surface area contributed by atoms with E-state index in [2.05, 4.69) is 28.9 Å². The van der Waals surface area contributed by atoms with Crippen LogP contribution < -0.4 is 10.6 Å². The monoisotopic (exact) mass is 216 g/mol. The predicted molar refractivity (Wildman–Crippen MR) is 66.4 cm³/mol. The Balaban J connectivity index is 2.16. The van der Waals surface area contributed by atoms with Gasteiger partial charge in [0.05, 0.1) is 0 Å². The Morgan fingerprint density at radius 1 is 1.44 bits per heavy atom. The summed E-state index contributed by atoms with van der Waals surface area (Å²) >= 11 is 0. The molecular weight excluding hydrogens is 200 g/mol. The Bertz CT molecular complexity index is 424. The number of fused-ring (bicyclic) bond motifs is 1. The molecule has 84 valence electrons. The predicted octanol–water partition coefficient (Wildman–Crippen LogP) is 1.80. The highest BCUT2D eigenvalue weighted by Crippen LogP contribution is 2.23. The van der Waals surface area contributed by atoms with Crippen molar-refractivity contribution in [2.24, 2.45) is 0 Å². The van der Waals surface area contributed by atoms with E-state index in [1.165, 1.54) is 11.1 Å². The van der Waals surface area contributed by atoms with E-state index in [-0.39, 0.29) is 5.91 Å². The summed E-state index contributed by atoms with van der Waals surface area (Å²) in [6.07, 6.45) is 5.61. The number of nitrogens with one attached hydrogen (secondary N) is 2. The summed E-state index contributed by atoms with van der Waals surface area (Å²) in [4.78, 5) is 11.2. The van der Waals surface area contributed by atoms with Gasteiger partial charge in [-0.2, -0.15) is 0 Å². The molecule has 3 heteroatoms. The van der Waals surface area contributed by atoms with Crippen molar-refractivity contribution >= 4 is 17.7 Å². The van der Waals surface area contributed by atoms with Crippen molar-refractivity contribution in [3.8, 4) is 0 Å². The minimum atomic E-state index is 0.117. The van der Waals surface area contributed by atoms with Crippen molar-refractivity contribution in [1.82, 2.24) is 5.32 Å². The molecule has 0 bridgehead atoms. The molecule has 0 atom stereocenters. The molecular formula is C13H16N2O. The fourth-order valence-corrected chi connectivity index (χ4v) is 1.82. The van der Waals surface area contributed by atoms with Crippen molar-refractivity contribution in [1.29, 1.82) is 0 Å². The number of amides is 1. The van der Waals surface area contributed by atoms with Crippen LogP contribution in [0.3, 0.4) is 0 Å². The molecule has 1 aliphatic rings. The van der Waals surface area contributed by atoms with Gasteiger partial charge in [-0.05, 0) is 36.7 Å². The second kappa shape index (κ2) is 4.94. The van der Waals surface area contributed by atoms with Gasteiger partial charge in [-0.1, -0.05) is 18.2 Å². The second-order valence-corrected chi connectivity index (χ2v) is 3.92. The molecule has 0 saturated heterocycles. The molecule has 2 N–H and O–H groups in total. The van der Waals surface area contributed by atoms with Gasteiger partial charge in [-0.25, -0.2) is 0 Å². The minimum Gasteiger partial charge on any atom is -0.326 e. The molecule has 0 aliphatic carbocycles. The van der Waals surface area contributed by atoms with Crippen LogP contribution >= 0.6 is 0 Å². The molecule has 1 amide bonds. The lowest BCUT2D eigenvalue weighted by atomic mass is 10.0. The number of carbonyl (C=O) groups is 1. The number of likely N-dealkylation sites (N-methyl/N-ethyl adjacent to an activating group) is 1.